The number of carbonyl (C=O) groups is 1. The Balaban J connectivity index is 1.48. The van der Waals surface area contributed by atoms with Crippen molar-refractivity contribution in [2.75, 3.05) is 19.5 Å². The molecular weight excluding hydrogens is 358 g/mol. The van der Waals surface area contributed by atoms with Crippen LogP contribution in [0, 0.1) is 6.92 Å². The number of nitrogens with zero attached hydrogens (tertiary/aromatic N) is 1. The molecule has 1 fully saturated rings. The molecule has 1 aromatic heterocycles. The van der Waals surface area contributed by atoms with E-state index in [0.29, 0.717) is 23.1 Å². The van der Waals surface area contributed by atoms with E-state index in [2.05, 4.69) is 15.6 Å². The molecule has 0 unspecified atom stereocenters. The van der Waals surface area contributed by atoms with Crippen LogP contribution in [0.5, 0.6) is 17.4 Å². The molecule has 0 bridgehead atoms. The van der Waals surface area contributed by atoms with Crippen LogP contribution in [0.25, 0.3) is 0 Å². The maximum atomic E-state index is 12.4. The molecule has 1 heterocycles. The van der Waals surface area contributed by atoms with Crippen molar-refractivity contribution in [3.05, 3.63) is 42.1 Å². The summed E-state index contributed by atoms with van der Waals surface area (Å²) in [6.07, 6.45) is 5.42. The van der Waals surface area contributed by atoms with Gasteiger partial charge < -0.3 is 24.8 Å². The van der Waals surface area contributed by atoms with Crippen LogP contribution >= 0.6 is 0 Å². The number of aryl methyl sites for hydroxylation is 1. The fraction of sp³-hybridized carbons (Fsp3) is 0.429. The Hall–Kier alpha value is -2.96. The summed E-state index contributed by atoms with van der Waals surface area (Å²) in [4.78, 5) is 16.7. The van der Waals surface area contributed by atoms with E-state index in [1.807, 2.05) is 19.1 Å². The minimum absolute atomic E-state index is 0.113. The number of pyridine rings is 1. The highest BCUT2D eigenvalue weighted by Crippen LogP contribution is 2.34. The first kappa shape index (κ1) is 19.8. The van der Waals surface area contributed by atoms with Crippen LogP contribution in [-0.4, -0.2) is 37.4 Å². The molecular formula is C21H27N3O4. The average molecular weight is 385 g/mol. The fourth-order valence-corrected chi connectivity index (χ4v) is 3.35. The molecule has 1 aliphatic carbocycles. The highest BCUT2D eigenvalue weighted by Gasteiger charge is 2.24. The van der Waals surface area contributed by atoms with Gasteiger partial charge in [0.15, 0.2) is 11.5 Å². The van der Waals surface area contributed by atoms with Crippen LogP contribution in [-0.2, 0) is 0 Å². The van der Waals surface area contributed by atoms with Gasteiger partial charge in [0.25, 0.3) is 0 Å². The lowest BCUT2D eigenvalue weighted by Gasteiger charge is -2.29. The molecule has 0 radical (unpaired) electrons. The molecule has 1 saturated carbocycles. The van der Waals surface area contributed by atoms with Crippen LogP contribution in [0.1, 0.15) is 31.2 Å². The SMILES string of the molecule is COc1cccc(NC(=O)NC2CCC(Oc3ccc(C)cn3)CC2)c1OC. The van der Waals surface area contributed by atoms with E-state index in [4.69, 9.17) is 14.2 Å². The molecule has 7 nitrogen and oxygen atoms in total. The molecule has 1 aliphatic rings. The molecule has 1 aromatic carbocycles. The zero-order chi connectivity index (χ0) is 19.9. The largest absolute Gasteiger partial charge is 0.493 e. The summed E-state index contributed by atoms with van der Waals surface area (Å²) in [6, 6.07) is 9.12. The number of para-hydroxylation sites is 1. The van der Waals surface area contributed by atoms with Gasteiger partial charge in [-0.05, 0) is 50.3 Å². The number of rotatable bonds is 6. The number of methoxy groups -OCH3 is 2. The van der Waals surface area contributed by atoms with E-state index >= 15 is 0 Å². The standard InChI is InChI=1S/C21H27N3O4/c1-14-7-12-19(22-13-14)28-16-10-8-15(9-11-16)23-21(25)24-17-5-4-6-18(26-2)20(17)27-3/h4-7,12-13,15-16H,8-11H2,1-3H3,(H2,23,24,25). The molecule has 0 atom stereocenters. The Bertz CT molecular complexity index is 787. The maximum absolute atomic E-state index is 12.4. The first-order valence-corrected chi connectivity index (χ1v) is 9.47. The lowest BCUT2D eigenvalue weighted by molar-refractivity contribution is 0.135. The third-order valence-corrected chi connectivity index (χ3v) is 4.83. The number of benzene rings is 1. The highest BCUT2D eigenvalue weighted by molar-refractivity contribution is 5.91. The number of carbonyl (C=O) groups excluding carboxylic acids is 1. The summed E-state index contributed by atoms with van der Waals surface area (Å²) in [7, 11) is 3.11. The molecule has 2 amide bonds. The van der Waals surface area contributed by atoms with E-state index in [1.165, 1.54) is 0 Å². The lowest BCUT2D eigenvalue weighted by atomic mass is 9.93. The van der Waals surface area contributed by atoms with Crippen molar-refractivity contribution in [1.82, 2.24) is 10.3 Å². The molecule has 0 aliphatic heterocycles. The van der Waals surface area contributed by atoms with E-state index in [0.717, 1.165) is 31.2 Å². The van der Waals surface area contributed by atoms with Crippen molar-refractivity contribution in [2.45, 2.75) is 44.8 Å². The number of nitrogens with one attached hydrogen (secondary N) is 2. The van der Waals surface area contributed by atoms with Crippen LogP contribution < -0.4 is 24.8 Å². The van der Waals surface area contributed by atoms with Crippen LogP contribution in [0.4, 0.5) is 10.5 Å². The fourth-order valence-electron chi connectivity index (χ4n) is 3.35. The molecule has 7 heteroatoms. The minimum Gasteiger partial charge on any atom is -0.493 e. The van der Waals surface area contributed by atoms with Gasteiger partial charge in [0.2, 0.25) is 5.88 Å². The third-order valence-electron chi connectivity index (χ3n) is 4.83. The molecule has 0 spiro atoms. The number of urea groups is 1. The van der Waals surface area contributed by atoms with Crippen molar-refractivity contribution < 1.29 is 19.0 Å². The third kappa shape index (κ3) is 5.06. The van der Waals surface area contributed by atoms with Crippen molar-refractivity contribution in [2.24, 2.45) is 0 Å². The zero-order valence-corrected chi connectivity index (χ0v) is 16.5. The predicted octanol–water partition coefficient (Wildman–Crippen LogP) is 3.92. The lowest BCUT2D eigenvalue weighted by Crippen LogP contribution is -2.41. The van der Waals surface area contributed by atoms with Gasteiger partial charge in [0, 0.05) is 18.3 Å². The Morgan fingerprint density at radius 2 is 1.86 bits per heavy atom. The summed E-state index contributed by atoms with van der Waals surface area (Å²) in [5, 5.41) is 5.87. The second-order valence-corrected chi connectivity index (χ2v) is 6.90. The van der Waals surface area contributed by atoms with Crippen molar-refractivity contribution in [1.29, 1.82) is 0 Å². The molecule has 2 N–H and O–H groups in total. The molecule has 0 saturated heterocycles. The second-order valence-electron chi connectivity index (χ2n) is 6.90. The van der Waals surface area contributed by atoms with Crippen molar-refractivity contribution in [3.63, 3.8) is 0 Å². The van der Waals surface area contributed by atoms with E-state index in [1.54, 1.807) is 38.6 Å². The molecule has 150 valence electrons. The maximum Gasteiger partial charge on any atom is 0.319 e. The van der Waals surface area contributed by atoms with Gasteiger partial charge in [-0.25, -0.2) is 9.78 Å². The summed E-state index contributed by atoms with van der Waals surface area (Å²) < 4.78 is 16.6. The van der Waals surface area contributed by atoms with Gasteiger partial charge >= 0.3 is 6.03 Å². The van der Waals surface area contributed by atoms with E-state index < -0.39 is 0 Å². The first-order valence-electron chi connectivity index (χ1n) is 9.47. The minimum atomic E-state index is -0.254. The summed E-state index contributed by atoms with van der Waals surface area (Å²) in [5.74, 6) is 1.73. The van der Waals surface area contributed by atoms with E-state index in [9.17, 15) is 4.79 Å². The van der Waals surface area contributed by atoms with Crippen molar-refractivity contribution >= 4 is 11.7 Å². The Morgan fingerprint density at radius 1 is 1.07 bits per heavy atom. The average Bonchev–Trinajstić information content (AvgIpc) is 2.71. The smallest absolute Gasteiger partial charge is 0.319 e. The first-order chi connectivity index (χ1) is 13.6. The molecule has 2 aromatic rings. The van der Waals surface area contributed by atoms with E-state index in [-0.39, 0.29) is 18.2 Å². The van der Waals surface area contributed by atoms with Gasteiger partial charge in [-0.15, -0.1) is 0 Å². The van der Waals surface area contributed by atoms with Crippen molar-refractivity contribution in [3.8, 4) is 17.4 Å². The Labute approximate surface area is 165 Å². The van der Waals surface area contributed by atoms with Gasteiger partial charge in [0.05, 0.1) is 19.9 Å². The number of aromatic nitrogens is 1. The predicted molar refractivity (Wildman–Crippen MR) is 107 cm³/mol. The zero-order valence-electron chi connectivity index (χ0n) is 16.5. The van der Waals surface area contributed by atoms with Gasteiger partial charge in [0.1, 0.15) is 6.10 Å². The topological polar surface area (TPSA) is 81.7 Å². The number of anilines is 1. The molecule has 28 heavy (non-hydrogen) atoms. The number of hydrogen-bond acceptors (Lipinski definition) is 5. The summed E-state index contributed by atoms with van der Waals surface area (Å²) >= 11 is 0. The van der Waals surface area contributed by atoms with Gasteiger partial charge in [-0.3, -0.25) is 0 Å². The summed E-state index contributed by atoms with van der Waals surface area (Å²) in [5.41, 5.74) is 1.68. The highest BCUT2D eigenvalue weighted by atomic mass is 16.5. The quantitative estimate of drug-likeness (QED) is 0.788. The van der Waals surface area contributed by atoms with Gasteiger partial charge in [-0.2, -0.15) is 0 Å². The van der Waals surface area contributed by atoms with Crippen LogP contribution in [0.3, 0.4) is 0 Å². The monoisotopic (exact) mass is 385 g/mol. The second kappa shape index (κ2) is 9.30. The van der Waals surface area contributed by atoms with Gasteiger partial charge in [-0.1, -0.05) is 12.1 Å². The number of hydrogen-bond donors (Lipinski definition) is 2. The van der Waals surface area contributed by atoms with Crippen LogP contribution in [0.15, 0.2) is 36.5 Å². The normalized spacial score (nSPS) is 18.8. The van der Waals surface area contributed by atoms with Crippen LogP contribution in [0.2, 0.25) is 0 Å². The number of amides is 2. The Kier molecular flexibility index (Phi) is 6.57. The Morgan fingerprint density at radius 3 is 2.50 bits per heavy atom. The molecule has 3 rings (SSSR count). The number of ether oxygens (including phenoxy) is 3. The summed E-state index contributed by atoms with van der Waals surface area (Å²) in [6.45, 7) is 2.00.